The molecule has 1 atom stereocenters. The second kappa shape index (κ2) is 10.2. The SMILES string of the molecule is COc1ccccc1[C@@H](C)NC(=O)CN1CCCN(S(=O)(=O)c2ccc(F)cc2)CC1. The molecule has 31 heavy (non-hydrogen) atoms. The minimum absolute atomic E-state index is 0.0747. The van der Waals surface area contributed by atoms with Crippen LogP contribution in [0.5, 0.6) is 5.75 Å². The highest BCUT2D eigenvalue weighted by Gasteiger charge is 2.27. The van der Waals surface area contributed by atoms with Crippen LogP contribution in [0.25, 0.3) is 0 Å². The molecule has 0 aliphatic carbocycles. The van der Waals surface area contributed by atoms with Gasteiger partial charge in [-0.25, -0.2) is 12.8 Å². The molecule has 168 valence electrons. The summed E-state index contributed by atoms with van der Waals surface area (Å²) in [6.45, 7) is 3.77. The van der Waals surface area contributed by atoms with Crippen molar-refractivity contribution in [3.63, 3.8) is 0 Å². The second-order valence-electron chi connectivity index (χ2n) is 7.52. The minimum Gasteiger partial charge on any atom is -0.496 e. The van der Waals surface area contributed by atoms with Crippen LogP contribution < -0.4 is 10.1 Å². The lowest BCUT2D eigenvalue weighted by Gasteiger charge is -2.23. The number of carbonyl (C=O) groups excluding carboxylic acids is 1. The summed E-state index contributed by atoms with van der Waals surface area (Å²) in [5.41, 5.74) is 0.894. The van der Waals surface area contributed by atoms with Gasteiger partial charge in [0.05, 0.1) is 24.6 Å². The predicted octanol–water partition coefficient (Wildman–Crippen LogP) is 2.41. The van der Waals surface area contributed by atoms with Crippen LogP contribution in [-0.4, -0.2) is 63.4 Å². The number of amides is 1. The smallest absolute Gasteiger partial charge is 0.243 e. The number of sulfonamides is 1. The van der Waals surface area contributed by atoms with E-state index < -0.39 is 15.8 Å². The molecule has 1 heterocycles. The van der Waals surface area contributed by atoms with Crippen molar-refractivity contribution in [3.8, 4) is 5.75 Å². The maximum Gasteiger partial charge on any atom is 0.243 e. The molecule has 1 saturated heterocycles. The van der Waals surface area contributed by atoms with Gasteiger partial charge in [-0.05, 0) is 50.2 Å². The normalized spacial score (nSPS) is 17.0. The molecule has 1 fully saturated rings. The number of para-hydroxylation sites is 1. The van der Waals surface area contributed by atoms with E-state index in [0.29, 0.717) is 31.8 Å². The highest BCUT2D eigenvalue weighted by atomic mass is 32.2. The highest BCUT2D eigenvalue weighted by molar-refractivity contribution is 7.89. The third kappa shape index (κ3) is 5.81. The van der Waals surface area contributed by atoms with E-state index >= 15 is 0 Å². The zero-order valence-electron chi connectivity index (χ0n) is 17.8. The number of rotatable bonds is 7. The molecule has 1 aliphatic heterocycles. The summed E-state index contributed by atoms with van der Waals surface area (Å²) >= 11 is 0. The fourth-order valence-corrected chi connectivity index (χ4v) is 5.16. The van der Waals surface area contributed by atoms with Crippen molar-refractivity contribution in [1.82, 2.24) is 14.5 Å². The molecule has 1 aliphatic rings. The monoisotopic (exact) mass is 449 g/mol. The summed E-state index contributed by atoms with van der Waals surface area (Å²) in [6, 6.07) is 12.2. The second-order valence-corrected chi connectivity index (χ2v) is 9.46. The lowest BCUT2D eigenvalue weighted by atomic mass is 10.1. The number of ether oxygens (including phenoxy) is 1. The van der Waals surface area contributed by atoms with Gasteiger partial charge >= 0.3 is 0 Å². The van der Waals surface area contributed by atoms with Crippen LogP contribution in [0.15, 0.2) is 53.4 Å². The largest absolute Gasteiger partial charge is 0.496 e. The Morgan fingerprint density at radius 2 is 1.81 bits per heavy atom. The molecule has 1 N–H and O–H groups in total. The van der Waals surface area contributed by atoms with Gasteiger partial charge in [0.15, 0.2) is 0 Å². The van der Waals surface area contributed by atoms with Gasteiger partial charge in [-0.2, -0.15) is 4.31 Å². The molecule has 0 radical (unpaired) electrons. The number of carbonyl (C=O) groups is 1. The quantitative estimate of drug-likeness (QED) is 0.702. The number of nitrogens with zero attached hydrogens (tertiary/aromatic N) is 2. The first kappa shape index (κ1) is 23.2. The van der Waals surface area contributed by atoms with E-state index in [9.17, 15) is 17.6 Å². The Morgan fingerprint density at radius 1 is 1.10 bits per heavy atom. The van der Waals surface area contributed by atoms with E-state index in [1.807, 2.05) is 36.1 Å². The predicted molar refractivity (Wildman–Crippen MR) is 116 cm³/mol. The zero-order chi connectivity index (χ0) is 22.4. The van der Waals surface area contributed by atoms with Gasteiger partial charge in [-0.3, -0.25) is 9.69 Å². The molecule has 0 aromatic heterocycles. The topological polar surface area (TPSA) is 79.0 Å². The molecular weight excluding hydrogens is 421 g/mol. The molecule has 9 heteroatoms. The van der Waals surface area contributed by atoms with E-state index in [4.69, 9.17) is 4.74 Å². The zero-order valence-corrected chi connectivity index (χ0v) is 18.6. The van der Waals surface area contributed by atoms with Crippen molar-refractivity contribution < 1.29 is 22.3 Å². The van der Waals surface area contributed by atoms with Gasteiger partial charge in [-0.15, -0.1) is 0 Å². The van der Waals surface area contributed by atoms with Gasteiger partial charge in [0.1, 0.15) is 11.6 Å². The van der Waals surface area contributed by atoms with E-state index in [0.717, 1.165) is 17.7 Å². The first-order chi connectivity index (χ1) is 14.8. The number of hydrogen-bond donors (Lipinski definition) is 1. The Labute approximate surface area is 182 Å². The average molecular weight is 450 g/mol. The molecule has 2 aromatic carbocycles. The molecule has 3 rings (SSSR count). The van der Waals surface area contributed by atoms with Gasteiger partial charge in [0.2, 0.25) is 15.9 Å². The van der Waals surface area contributed by atoms with Crippen LogP contribution in [-0.2, 0) is 14.8 Å². The molecule has 0 bridgehead atoms. The van der Waals surface area contributed by atoms with Crippen molar-refractivity contribution in [2.24, 2.45) is 0 Å². The average Bonchev–Trinajstić information content (AvgIpc) is 3.00. The van der Waals surface area contributed by atoms with Crippen molar-refractivity contribution in [2.45, 2.75) is 24.3 Å². The third-order valence-electron chi connectivity index (χ3n) is 5.35. The fraction of sp³-hybridized carbons (Fsp3) is 0.409. The molecule has 0 saturated carbocycles. The van der Waals surface area contributed by atoms with Crippen molar-refractivity contribution in [2.75, 3.05) is 39.8 Å². The van der Waals surface area contributed by atoms with E-state index in [1.54, 1.807) is 7.11 Å². The lowest BCUT2D eigenvalue weighted by molar-refractivity contribution is -0.122. The van der Waals surface area contributed by atoms with Gasteiger partial charge < -0.3 is 10.1 Å². The van der Waals surface area contributed by atoms with Crippen LogP contribution >= 0.6 is 0 Å². The van der Waals surface area contributed by atoms with E-state index in [2.05, 4.69) is 5.32 Å². The molecular formula is C22H28FN3O4S. The first-order valence-electron chi connectivity index (χ1n) is 10.2. The number of halogens is 1. The summed E-state index contributed by atoms with van der Waals surface area (Å²) < 4.78 is 45.6. The summed E-state index contributed by atoms with van der Waals surface area (Å²) in [4.78, 5) is 14.6. The van der Waals surface area contributed by atoms with E-state index in [1.165, 1.54) is 16.4 Å². The Hall–Kier alpha value is -2.49. The number of hydrogen-bond acceptors (Lipinski definition) is 5. The molecule has 1 amide bonds. The van der Waals surface area contributed by atoms with Crippen LogP contribution in [0.4, 0.5) is 4.39 Å². The summed E-state index contributed by atoms with van der Waals surface area (Å²) in [5, 5.41) is 2.98. The Bertz CT molecular complexity index is 998. The van der Waals surface area contributed by atoms with E-state index in [-0.39, 0.29) is 29.9 Å². The first-order valence-corrected chi connectivity index (χ1v) is 11.7. The van der Waals surface area contributed by atoms with Crippen LogP contribution in [0.3, 0.4) is 0 Å². The summed E-state index contributed by atoms with van der Waals surface area (Å²) in [6.07, 6.45) is 0.607. The van der Waals surface area contributed by atoms with Crippen molar-refractivity contribution >= 4 is 15.9 Å². The maximum atomic E-state index is 13.1. The summed E-state index contributed by atoms with van der Waals surface area (Å²) in [7, 11) is -2.10. The van der Waals surface area contributed by atoms with Gasteiger partial charge in [0.25, 0.3) is 0 Å². The number of methoxy groups -OCH3 is 1. The Balaban J connectivity index is 1.57. The Kier molecular flexibility index (Phi) is 7.64. The highest BCUT2D eigenvalue weighted by Crippen LogP contribution is 2.24. The Morgan fingerprint density at radius 3 is 2.52 bits per heavy atom. The van der Waals surface area contributed by atoms with Gasteiger partial charge in [0, 0.05) is 25.2 Å². The lowest BCUT2D eigenvalue weighted by Crippen LogP contribution is -2.40. The molecule has 2 aromatic rings. The third-order valence-corrected chi connectivity index (χ3v) is 7.26. The minimum atomic E-state index is -3.69. The number of benzene rings is 2. The molecule has 0 unspecified atom stereocenters. The molecule has 0 spiro atoms. The standard InChI is InChI=1S/C22H28FN3O4S/c1-17(20-6-3-4-7-21(20)30-2)24-22(27)16-25-12-5-13-26(15-14-25)31(28,29)19-10-8-18(23)9-11-19/h3-4,6-11,17H,5,12-16H2,1-2H3,(H,24,27)/t17-/m1/s1. The van der Waals surface area contributed by atoms with Crippen LogP contribution in [0, 0.1) is 5.82 Å². The van der Waals surface area contributed by atoms with Crippen LogP contribution in [0.2, 0.25) is 0 Å². The van der Waals surface area contributed by atoms with Crippen LogP contribution in [0.1, 0.15) is 24.9 Å². The van der Waals surface area contributed by atoms with Crippen molar-refractivity contribution in [3.05, 3.63) is 59.9 Å². The van der Waals surface area contributed by atoms with Gasteiger partial charge in [-0.1, -0.05) is 18.2 Å². The number of nitrogens with one attached hydrogen (secondary N) is 1. The van der Waals surface area contributed by atoms with Crippen molar-refractivity contribution in [1.29, 1.82) is 0 Å². The maximum absolute atomic E-state index is 13.1. The molecule has 7 nitrogen and oxygen atoms in total. The summed E-state index contributed by atoms with van der Waals surface area (Å²) in [5.74, 6) is 0.106. The fourth-order valence-electron chi connectivity index (χ4n) is 3.69.